The average Bonchev–Trinajstić information content (AvgIpc) is 2.67. The van der Waals surface area contributed by atoms with Crippen LogP contribution in [-0.2, 0) is 4.79 Å². The zero-order valence-electron chi connectivity index (χ0n) is 12.0. The number of aryl methyl sites for hydroxylation is 2. The van der Waals surface area contributed by atoms with E-state index in [2.05, 4.69) is 30.7 Å². The van der Waals surface area contributed by atoms with Crippen molar-refractivity contribution in [2.45, 2.75) is 52.6 Å². The normalized spacial score (nSPS) is 26.3. The van der Waals surface area contributed by atoms with Crippen molar-refractivity contribution in [2.75, 3.05) is 6.54 Å². The molecule has 1 aliphatic heterocycles. The quantitative estimate of drug-likeness (QED) is 0.926. The van der Waals surface area contributed by atoms with E-state index in [4.69, 9.17) is 5.11 Å². The SMILES string of the molecule is Cc1nc(C(C)N2CCC(C(=O)O)CC2C)c(C)s1. The first-order valence-corrected chi connectivity index (χ1v) is 7.64. The molecule has 0 radical (unpaired) electrons. The monoisotopic (exact) mass is 282 g/mol. The molecule has 0 aliphatic carbocycles. The lowest BCUT2D eigenvalue weighted by Crippen LogP contribution is -2.44. The van der Waals surface area contributed by atoms with E-state index in [-0.39, 0.29) is 12.0 Å². The minimum atomic E-state index is -0.653. The highest BCUT2D eigenvalue weighted by molar-refractivity contribution is 7.11. The highest BCUT2D eigenvalue weighted by atomic mass is 32.1. The van der Waals surface area contributed by atoms with Gasteiger partial charge in [-0.05, 0) is 47.1 Å². The van der Waals surface area contributed by atoms with Crippen molar-refractivity contribution in [1.29, 1.82) is 0 Å². The Bertz CT molecular complexity index is 472. The lowest BCUT2D eigenvalue weighted by molar-refractivity contribution is -0.144. The third-order valence-corrected chi connectivity index (χ3v) is 5.01. The van der Waals surface area contributed by atoms with Gasteiger partial charge in [-0.1, -0.05) is 0 Å². The largest absolute Gasteiger partial charge is 0.481 e. The van der Waals surface area contributed by atoms with Crippen LogP contribution in [-0.4, -0.2) is 33.5 Å². The third-order valence-electron chi connectivity index (χ3n) is 4.11. The molecule has 3 unspecified atom stereocenters. The van der Waals surface area contributed by atoms with E-state index in [9.17, 15) is 4.79 Å². The van der Waals surface area contributed by atoms with Gasteiger partial charge in [0, 0.05) is 10.9 Å². The fourth-order valence-electron chi connectivity index (χ4n) is 3.08. The Labute approximate surface area is 118 Å². The number of nitrogens with zero attached hydrogens (tertiary/aromatic N) is 2. The van der Waals surface area contributed by atoms with Crippen LogP contribution in [0.4, 0.5) is 0 Å². The van der Waals surface area contributed by atoms with Crippen LogP contribution in [0.25, 0.3) is 0 Å². The Morgan fingerprint density at radius 2 is 2.21 bits per heavy atom. The summed E-state index contributed by atoms with van der Waals surface area (Å²) in [7, 11) is 0. The van der Waals surface area contributed by atoms with Gasteiger partial charge in [0.25, 0.3) is 0 Å². The Hall–Kier alpha value is -0.940. The highest BCUT2D eigenvalue weighted by Gasteiger charge is 2.33. The average molecular weight is 282 g/mol. The first-order valence-electron chi connectivity index (χ1n) is 6.82. The highest BCUT2D eigenvalue weighted by Crippen LogP contribution is 2.33. The van der Waals surface area contributed by atoms with E-state index in [0.29, 0.717) is 6.04 Å². The van der Waals surface area contributed by atoms with Crippen molar-refractivity contribution in [3.63, 3.8) is 0 Å². The zero-order chi connectivity index (χ0) is 14.2. The maximum absolute atomic E-state index is 11.1. The Balaban J connectivity index is 2.10. The van der Waals surface area contributed by atoms with Crippen molar-refractivity contribution in [3.8, 4) is 0 Å². The molecule has 2 rings (SSSR count). The number of thiazole rings is 1. The molecule has 0 bridgehead atoms. The van der Waals surface area contributed by atoms with Crippen LogP contribution < -0.4 is 0 Å². The van der Waals surface area contributed by atoms with Crippen LogP contribution in [0.2, 0.25) is 0 Å². The van der Waals surface area contributed by atoms with Crippen LogP contribution in [0.3, 0.4) is 0 Å². The van der Waals surface area contributed by atoms with Crippen LogP contribution in [0.5, 0.6) is 0 Å². The first-order chi connectivity index (χ1) is 8.90. The molecule has 1 N–H and O–H groups in total. The molecule has 0 aromatic carbocycles. The third kappa shape index (κ3) is 2.98. The minimum Gasteiger partial charge on any atom is -0.481 e. The molecule has 1 fully saturated rings. The van der Waals surface area contributed by atoms with E-state index < -0.39 is 5.97 Å². The van der Waals surface area contributed by atoms with Gasteiger partial charge in [0.1, 0.15) is 0 Å². The van der Waals surface area contributed by atoms with Gasteiger partial charge in [-0.3, -0.25) is 9.69 Å². The lowest BCUT2D eigenvalue weighted by atomic mass is 9.90. The number of aliphatic carboxylic acids is 1. The molecule has 0 amide bonds. The van der Waals surface area contributed by atoms with Crippen molar-refractivity contribution in [2.24, 2.45) is 5.92 Å². The molecule has 4 nitrogen and oxygen atoms in total. The van der Waals surface area contributed by atoms with Crippen LogP contribution in [0.15, 0.2) is 0 Å². The van der Waals surface area contributed by atoms with Gasteiger partial charge in [0.2, 0.25) is 0 Å². The minimum absolute atomic E-state index is 0.184. The van der Waals surface area contributed by atoms with Crippen molar-refractivity contribution < 1.29 is 9.90 Å². The van der Waals surface area contributed by atoms with Gasteiger partial charge in [0.05, 0.1) is 22.7 Å². The first kappa shape index (κ1) is 14.5. The molecular weight excluding hydrogens is 260 g/mol. The van der Waals surface area contributed by atoms with Gasteiger partial charge < -0.3 is 5.11 Å². The second-order valence-electron chi connectivity index (χ2n) is 5.50. The molecule has 0 saturated carbocycles. The Morgan fingerprint density at radius 3 is 2.68 bits per heavy atom. The molecule has 106 valence electrons. The van der Waals surface area contributed by atoms with Gasteiger partial charge in [-0.2, -0.15) is 0 Å². The summed E-state index contributed by atoms with van der Waals surface area (Å²) < 4.78 is 0. The summed E-state index contributed by atoms with van der Waals surface area (Å²) in [5, 5.41) is 10.2. The molecular formula is C14H22N2O2S. The number of aromatic nitrogens is 1. The zero-order valence-corrected chi connectivity index (χ0v) is 12.8. The van der Waals surface area contributed by atoms with Crippen molar-refractivity contribution >= 4 is 17.3 Å². The van der Waals surface area contributed by atoms with Gasteiger partial charge in [-0.15, -0.1) is 11.3 Å². The van der Waals surface area contributed by atoms with Crippen LogP contribution >= 0.6 is 11.3 Å². The van der Waals surface area contributed by atoms with E-state index in [1.807, 2.05) is 6.92 Å². The Morgan fingerprint density at radius 1 is 1.53 bits per heavy atom. The predicted octanol–water partition coefficient (Wildman–Crippen LogP) is 3.01. The number of carboxylic acid groups (broad SMARTS) is 1. The number of carbonyl (C=O) groups is 1. The fourth-order valence-corrected chi connectivity index (χ4v) is 3.99. The molecule has 1 aliphatic rings. The summed E-state index contributed by atoms with van der Waals surface area (Å²) in [6, 6.07) is 0.570. The summed E-state index contributed by atoms with van der Waals surface area (Å²) in [6.45, 7) is 9.30. The predicted molar refractivity (Wildman–Crippen MR) is 76.5 cm³/mol. The smallest absolute Gasteiger partial charge is 0.306 e. The molecule has 1 aromatic heterocycles. The maximum Gasteiger partial charge on any atom is 0.306 e. The number of piperidine rings is 1. The molecule has 2 heterocycles. The van der Waals surface area contributed by atoms with E-state index in [0.717, 1.165) is 30.1 Å². The molecule has 1 saturated heterocycles. The van der Waals surface area contributed by atoms with Crippen LogP contribution in [0.1, 0.15) is 48.3 Å². The number of likely N-dealkylation sites (tertiary alicyclic amines) is 1. The fraction of sp³-hybridized carbons (Fsp3) is 0.714. The molecule has 1 aromatic rings. The lowest BCUT2D eigenvalue weighted by Gasteiger charge is -2.39. The van der Waals surface area contributed by atoms with E-state index >= 15 is 0 Å². The standard InChI is InChI=1S/C14H22N2O2S/c1-8-7-12(14(17)18)5-6-16(8)9(2)13-10(3)19-11(4)15-13/h8-9,12H,5-7H2,1-4H3,(H,17,18). The number of hydrogen-bond acceptors (Lipinski definition) is 4. The molecule has 5 heteroatoms. The second-order valence-corrected chi connectivity index (χ2v) is 6.90. The molecule has 0 spiro atoms. The maximum atomic E-state index is 11.1. The second kappa shape index (κ2) is 5.59. The van der Waals surface area contributed by atoms with E-state index in [1.165, 1.54) is 4.88 Å². The summed E-state index contributed by atoms with van der Waals surface area (Å²) >= 11 is 1.74. The van der Waals surface area contributed by atoms with Gasteiger partial charge >= 0.3 is 5.97 Å². The number of carboxylic acids is 1. The summed E-state index contributed by atoms with van der Waals surface area (Å²) in [6.07, 6.45) is 1.48. The van der Waals surface area contributed by atoms with Crippen molar-refractivity contribution in [1.82, 2.24) is 9.88 Å². The Kier molecular flexibility index (Phi) is 4.26. The van der Waals surface area contributed by atoms with Crippen LogP contribution in [0, 0.1) is 19.8 Å². The number of rotatable bonds is 3. The summed E-state index contributed by atoms with van der Waals surface area (Å²) in [5.74, 6) is -0.837. The number of hydrogen-bond donors (Lipinski definition) is 1. The topological polar surface area (TPSA) is 53.4 Å². The molecule has 3 atom stereocenters. The van der Waals surface area contributed by atoms with E-state index in [1.54, 1.807) is 11.3 Å². The summed E-state index contributed by atoms with van der Waals surface area (Å²) in [4.78, 5) is 19.4. The van der Waals surface area contributed by atoms with Gasteiger partial charge in [0.15, 0.2) is 0 Å². The molecule has 19 heavy (non-hydrogen) atoms. The summed E-state index contributed by atoms with van der Waals surface area (Å²) in [5.41, 5.74) is 1.16. The van der Waals surface area contributed by atoms with Gasteiger partial charge in [-0.25, -0.2) is 4.98 Å². The van der Waals surface area contributed by atoms with Crippen molar-refractivity contribution in [3.05, 3.63) is 15.6 Å².